The highest BCUT2D eigenvalue weighted by Crippen LogP contribution is 2.23. The molecule has 2 nitrogen and oxygen atoms in total. The fourth-order valence-corrected chi connectivity index (χ4v) is 1.84. The van der Waals surface area contributed by atoms with Gasteiger partial charge >= 0.3 is 0 Å². The highest BCUT2D eigenvalue weighted by Gasteiger charge is 2.25. The van der Waals surface area contributed by atoms with Gasteiger partial charge in [-0.1, -0.05) is 19.1 Å². The first-order valence-corrected chi connectivity index (χ1v) is 5.52. The van der Waals surface area contributed by atoms with Crippen molar-refractivity contribution in [3.05, 3.63) is 29.8 Å². The molecule has 0 aliphatic carbocycles. The number of hydrogen-bond acceptors (Lipinski definition) is 2. The van der Waals surface area contributed by atoms with Crippen LogP contribution >= 0.6 is 0 Å². The van der Waals surface area contributed by atoms with E-state index in [1.165, 1.54) is 11.3 Å². The van der Waals surface area contributed by atoms with Gasteiger partial charge in [-0.25, -0.2) is 0 Å². The van der Waals surface area contributed by atoms with E-state index in [0.717, 1.165) is 13.0 Å². The Morgan fingerprint density at radius 2 is 2.20 bits per heavy atom. The second kappa shape index (κ2) is 3.69. The van der Waals surface area contributed by atoms with Gasteiger partial charge in [-0.15, -0.1) is 0 Å². The number of nitrogens with zero attached hydrogens (tertiary/aromatic N) is 2. The van der Waals surface area contributed by atoms with E-state index in [0.29, 0.717) is 0 Å². The number of benzene rings is 1. The highest BCUT2D eigenvalue weighted by atomic mass is 15.2. The van der Waals surface area contributed by atoms with Crippen LogP contribution in [0.15, 0.2) is 29.3 Å². The summed E-state index contributed by atoms with van der Waals surface area (Å²) in [6.07, 6.45) is 3.04. The van der Waals surface area contributed by atoms with Crippen molar-refractivity contribution in [3.8, 4) is 0 Å². The van der Waals surface area contributed by atoms with Gasteiger partial charge in [0.15, 0.2) is 0 Å². The molecule has 0 aromatic heterocycles. The summed E-state index contributed by atoms with van der Waals surface area (Å²) in [7, 11) is 0. The molecule has 1 aromatic carbocycles. The minimum Gasteiger partial charge on any atom is -0.330 e. The molecule has 1 aromatic rings. The SMILES string of the molecule is CCc1cccc(N2C=NC(C)(C)C2)c1. The number of aryl methyl sites for hydroxylation is 1. The van der Waals surface area contributed by atoms with Gasteiger partial charge in [0, 0.05) is 12.2 Å². The number of hydrogen-bond donors (Lipinski definition) is 0. The summed E-state index contributed by atoms with van der Waals surface area (Å²) in [6.45, 7) is 7.47. The number of rotatable bonds is 2. The highest BCUT2D eigenvalue weighted by molar-refractivity contribution is 5.82. The monoisotopic (exact) mass is 202 g/mol. The molecule has 2 rings (SSSR count). The first kappa shape index (κ1) is 10.2. The quantitative estimate of drug-likeness (QED) is 0.720. The molecule has 2 heteroatoms. The number of anilines is 1. The molecule has 0 atom stereocenters. The van der Waals surface area contributed by atoms with Gasteiger partial charge in [-0.2, -0.15) is 0 Å². The molecule has 0 fully saturated rings. The largest absolute Gasteiger partial charge is 0.330 e. The van der Waals surface area contributed by atoms with E-state index in [2.05, 4.69) is 54.9 Å². The van der Waals surface area contributed by atoms with Gasteiger partial charge in [0.2, 0.25) is 0 Å². The Labute approximate surface area is 91.6 Å². The average Bonchev–Trinajstić information content (AvgIpc) is 2.59. The van der Waals surface area contributed by atoms with Crippen LogP contribution in [0.1, 0.15) is 26.3 Å². The summed E-state index contributed by atoms with van der Waals surface area (Å²) < 4.78 is 0. The predicted octanol–water partition coefficient (Wildman–Crippen LogP) is 2.88. The van der Waals surface area contributed by atoms with E-state index >= 15 is 0 Å². The first-order valence-electron chi connectivity index (χ1n) is 5.52. The minimum atomic E-state index is 0.0578. The van der Waals surface area contributed by atoms with E-state index in [9.17, 15) is 0 Å². The first-order chi connectivity index (χ1) is 7.11. The molecular formula is C13H18N2. The van der Waals surface area contributed by atoms with Crippen molar-refractivity contribution in [3.63, 3.8) is 0 Å². The Balaban J connectivity index is 2.21. The topological polar surface area (TPSA) is 15.6 Å². The van der Waals surface area contributed by atoms with Crippen LogP contribution in [0.2, 0.25) is 0 Å². The molecule has 1 aliphatic rings. The van der Waals surface area contributed by atoms with E-state index in [4.69, 9.17) is 0 Å². The van der Waals surface area contributed by atoms with E-state index in [-0.39, 0.29) is 5.54 Å². The molecule has 0 N–H and O–H groups in total. The normalized spacial score (nSPS) is 18.5. The smallest absolute Gasteiger partial charge is 0.0902 e. The predicted molar refractivity (Wildman–Crippen MR) is 65.7 cm³/mol. The maximum absolute atomic E-state index is 4.48. The van der Waals surface area contributed by atoms with Gasteiger partial charge in [0.1, 0.15) is 0 Å². The Hall–Kier alpha value is -1.31. The maximum Gasteiger partial charge on any atom is 0.0902 e. The Kier molecular flexibility index (Phi) is 2.51. The molecule has 0 saturated heterocycles. The molecule has 1 heterocycles. The van der Waals surface area contributed by atoms with Crippen LogP contribution in [0.4, 0.5) is 5.69 Å². The van der Waals surface area contributed by atoms with Crippen LogP contribution in [0.25, 0.3) is 0 Å². The van der Waals surface area contributed by atoms with E-state index in [1.54, 1.807) is 0 Å². The Morgan fingerprint density at radius 1 is 1.40 bits per heavy atom. The van der Waals surface area contributed by atoms with Gasteiger partial charge in [0.25, 0.3) is 0 Å². The van der Waals surface area contributed by atoms with Crippen molar-refractivity contribution in [2.24, 2.45) is 4.99 Å². The molecule has 15 heavy (non-hydrogen) atoms. The minimum absolute atomic E-state index is 0.0578. The Morgan fingerprint density at radius 3 is 2.80 bits per heavy atom. The fourth-order valence-electron chi connectivity index (χ4n) is 1.84. The summed E-state index contributed by atoms with van der Waals surface area (Å²) in [5, 5.41) is 0. The molecule has 0 radical (unpaired) electrons. The zero-order valence-electron chi connectivity index (χ0n) is 9.70. The van der Waals surface area contributed by atoms with Crippen molar-refractivity contribution in [2.45, 2.75) is 32.7 Å². The van der Waals surface area contributed by atoms with Crippen molar-refractivity contribution < 1.29 is 0 Å². The standard InChI is InChI=1S/C13H18N2/c1-4-11-6-5-7-12(8-11)15-9-13(2,3)14-10-15/h5-8,10H,4,9H2,1-3H3. The molecular weight excluding hydrogens is 184 g/mol. The van der Waals surface area contributed by atoms with Crippen LogP contribution in [0, 0.1) is 0 Å². The van der Waals surface area contributed by atoms with Crippen molar-refractivity contribution in [1.82, 2.24) is 0 Å². The molecule has 80 valence electrons. The van der Waals surface area contributed by atoms with Gasteiger partial charge < -0.3 is 4.90 Å². The molecule has 1 aliphatic heterocycles. The van der Waals surface area contributed by atoms with Crippen molar-refractivity contribution in [2.75, 3.05) is 11.4 Å². The molecule has 0 unspecified atom stereocenters. The lowest BCUT2D eigenvalue weighted by molar-refractivity contribution is 0.565. The van der Waals surface area contributed by atoms with Crippen LogP contribution in [0.3, 0.4) is 0 Å². The van der Waals surface area contributed by atoms with Crippen LogP contribution in [-0.4, -0.2) is 18.4 Å². The number of aliphatic imine (C=N–C) groups is 1. The third kappa shape index (κ3) is 2.20. The van der Waals surface area contributed by atoms with Gasteiger partial charge in [-0.05, 0) is 38.0 Å². The zero-order chi connectivity index (χ0) is 10.9. The average molecular weight is 202 g/mol. The van der Waals surface area contributed by atoms with Crippen LogP contribution in [0.5, 0.6) is 0 Å². The second-order valence-electron chi connectivity index (χ2n) is 4.71. The zero-order valence-corrected chi connectivity index (χ0v) is 9.70. The maximum atomic E-state index is 4.48. The van der Waals surface area contributed by atoms with E-state index < -0.39 is 0 Å². The van der Waals surface area contributed by atoms with Gasteiger partial charge in [-0.3, -0.25) is 4.99 Å². The second-order valence-corrected chi connectivity index (χ2v) is 4.71. The summed E-state index contributed by atoms with van der Waals surface area (Å²) in [4.78, 5) is 6.70. The van der Waals surface area contributed by atoms with Crippen LogP contribution < -0.4 is 4.90 Å². The van der Waals surface area contributed by atoms with Crippen molar-refractivity contribution in [1.29, 1.82) is 0 Å². The van der Waals surface area contributed by atoms with Crippen molar-refractivity contribution >= 4 is 12.0 Å². The summed E-state index contributed by atoms with van der Waals surface area (Å²) in [5.41, 5.74) is 2.69. The summed E-state index contributed by atoms with van der Waals surface area (Å²) in [5.74, 6) is 0. The Bertz CT molecular complexity index is 380. The lowest BCUT2D eigenvalue weighted by Gasteiger charge is -2.20. The molecule has 0 saturated carbocycles. The van der Waals surface area contributed by atoms with E-state index in [1.807, 2.05) is 6.34 Å². The van der Waals surface area contributed by atoms with Crippen LogP contribution in [-0.2, 0) is 6.42 Å². The lowest BCUT2D eigenvalue weighted by Crippen LogP contribution is -2.28. The molecule has 0 spiro atoms. The molecule has 0 bridgehead atoms. The van der Waals surface area contributed by atoms with Gasteiger partial charge in [0.05, 0.1) is 11.9 Å². The third-order valence-electron chi connectivity index (χ3n) is 2.75. The third-order valence-corrected chi connectivity index (χ3v) is 2.75. The fraction of sp³-hybridized carbons (Fsp3) is 0.462. The summed E-state index contributed by atoms with van der Waals surface area (Å²) in [6, 6.07) is 8.68. The summed E-state index contributed by atoms with van der Waals surface area (Å²) >= 11 is 0. The lowest BCUT2D eigenvalue weighted by atomic mass is 10.1. The molecule has 0 amide bonds.